The number of benzene rings is 3. The van der Waals surface area contributed by atoms with Crippen LogP contribution >= 0.6 is 15.9 Å². The molecule has 0 aliphatic carbocycles. The molecule has 0 spiro atoms. The minimum atomic E-state index is -0.281. The van der Waals surface area contributed by atoms with E-state index in [1.165, 1.54) is 0 Å². The molecule has 4 rings (SSSR count). The summed E-state index contributed by atoms with van der Waals surface area (Å²) < 4.78 is 18.0. The van der Waals surface area contributed by atoms with Crippen molar-refractivity contribution in [2.75, 3.05) is 6.61 Å². The Labute approximate surface area is 181 Å². The molecule has 1 aromatic heterocycles. The summed E-state index contributed by atoms with van der Waals surface area (Å²) in [6.07, 6.45) is 0. The highest BCUT2D eigenvalue weighted by atomic mass is 79.9. The second-order valence-corrected chi connectivity index (χ2v) is 7.44. The van der Waals surface area contributed by atoms with E-state index in [0.29, 0.717) is 33.8 Å². The second kappa shape index (κ2) is 8.55. The molecule has 0 saturated heterocycles. The number of halogens is 1. The zero-order chi connectivity index (χ0) is 21.1. The molecule has 0 fully saturated rings. The monoisotopic (exact) mass is 464 g/mol. The Balaban J connectivity index is 1.59. The van der Waals surface area contributed by atoms with Crippen LogP contribution in [0, 0.1) is 6.92 Å². The SMILES string of the molecule is Cc1oc2cc(OCC(=O)c3ccccc3)ccc2c(=O)c1Oc1ccccc1Br. The Morgan fingerprint density at radius 1 is 1.00 bits per heavy atom. The highest BCUT2D eigenvalue weighted by molar-refractivity contribution is 9.10. The number of ketones is 1. The van der Waals surface area contributed by atoms with Gasteiger partial charge in [0, 0.05) is 11.6 Å². The number of rotatable bonds is 6. The molecule has 30 heavy (non-hydrogen) atoms. The molecule has 0 saturated carbocycles. The Morgan fingerprint density at radius 3 is 2.50 bits per heavy atom. The highest BCUT2D eigenvalue weighted by Gasteiger charge is 2.16. The molecule has 6 heteroatoms. The fourth-order valence-corrected chi connectivity index (χ4v) is 3.34. The number of Topliss-reactive ketones (excluding diaryl/α,β-unsaturated/α-hetero) is 1. The predicted octanol–water partition coefficient (Wildman–Crippen LogP) is 5.92. The third-order valence-electron chi connectivity index (χ3n) is 4.50. The standard InChI is InChI=1S/C24H17BrO5/c1-15-24(30-21-10-6-5-9-19(21)25)23(27)18-12-11-17(13-22(18)29-15)28-14-20(26)16-7-3-2-4-8-16/h2-13H,14H2,1H3. The average molecular weight is 465 g/mol. The Bertz CT molecular complexity index is 1280. The number of hydrogen-bond donors (Lipinski definition) is 0. The van der Waals surface area contributed by atoms with Crippen LogP contribution in [0.3, 0.4) is 0 Å². The number of para-hydroxylation sites is 1. The van der Waals surface area contributed by atoms with Gasteiger partial charge in [-0.05, 0) is 47.1 Å². The van der Waals surface area contributed by atoms with Crippen molar-refractivity contribution in [1.29, 1.82) is 0 Å². The lowest BCUT2D eigenvalue weighted by atomic mass is 10.1. The van der Waals surface area contributed by atoms with E-state index in [4.69, 9.17) is 13.9 Å². The van der Waals surface area contributed by atoms with Crippen LogP contribution < -0.4 is 14.9 Å². The number of aryl methyl sites for hydroxylation is 1. The first-order valence-electron chi connectivity index (χ1n) is 9.24. The van der Waals surface area contributed by atoms with Crippen LogP contribution in [-0.4, -0.2) is 12.4 Å². The third kappa shape index (κ3) is 4.14. The third-order valence-corrected chi connectivity index (χ3v) is 5.16. The van der Waals surface area contributed by atoms with Crippen LogP contribution in [0.25, 0.3) is 11.0 Å². The van der Waals surface area contributed by atoms with Gasteiger partial charge in [0.2, 0.25) is 11.2 Å². The number of hydrogen-bond acceptors (Lipinski definition) is 5. The van der Waals surface area contributed by atoms with Crippen LogP contribution in [0.2, 0.25) is 0 Å². The van der Waals surface area contributed by atoms with Gasteiger partial charge in [0.15, 0.2) is 12.4 Å². The maximum Gasteiger partial charge on any atom is 0.235 e. The first-order valence-corrected chi connectivity index (χ1v) is 10.0. The molecule has 0 unspecified atom stereocenters. The maximum absolute atomic E-state index is 12.9. The van der Waals surface area contributed by atoms with Gasteiger partial charge in [-0.15, -0.1) is 0 Å². The van der Waals surface area contributed by atoms with Crippen molar-refractivity contribution in [3.63, 3.8) is 0 Å². The van der Waals surface area contributed by atoms with E-state index in [1.54, 1.807) is 55.5 Å². The van der Waals surface area contributed by atoms with E-state index in [0.717, 1.165) is 4.47 Å². The molecule has 5 nitrogen and oxygen atoms in total. The van der Waals surface area contributed by atoms with E-state index in [1.807, 2.05) is 24.3 Å². The van der Waals surface area contributed by atoms with Gasteiger partial charge >= 0.3 is 0 Å². The maximum atomic E-state index is 12.9. The van der Waals surface area contributed by atoms with Crippen molar-refractivity contribution in [1.82, 2.24) is 0 Å². The van der Waals surface area contributed by atoms with Crippen molar-refractivity contribution >= 4 is 32.7 Å². The predicted molar refractivity (Wildman–Crippen MR) is 118 cm³/mol. The summed E-state index contributed by atoms with van der Waals surface area (Å²) in [5.74, 6) is 1.30. The van der Waals surface area contributed by atoms with E-state index in [9.17, 15) is 9.59 Å². The summed E-state index contributed by atoms with van der Waals surface area (Å²) in [7, 11) is 0. The molecule has 0 radical (unpaired) electrons. The van der Waals surface area contributed by atoms with Crippen molar-refractivity contribution in [2.45, 2.75) is 6.92 Å². The molecule has 0 aliphatic heterocycles. The van der Waals surface area contributed by atoms with E-state index in [2.05, 4.69) is 15.9 Å². The largest absolute Gasteiger partial charge is 0.485 e. The molecule has 3 aromatic carbocycles. The normalized spacial score (nSPS) is 10.7. The second-order valence-electron chi connectivity index (χ2n) is 6.58. The molecule has 0 amide bonds. The molecule has 0 aliphatic rings. The van der Waals surface area contributed by atoms with Crippen LogP contribution in [0.4, 0.5) is 0 Å². The zero-order valence-electron chi connectivity index (χ0n) is 16.1. The van der Waals surface area contributed by atoms with Gasteiger partial charge in [0.1, 0.15) is 22.8 Å². The van der Waals surface area contributed by atoms with Gasteiger partial charge in [0.25, 0.3) is 0 Å². The fraction of sp³-hybridized carbons (Fsp3) is 0.0833. The van der Waals surface area contributed by atoms with Gasteiger partial charge < -0.3 is 13.9 Å². The zero-order valence-corrected chi connectivity index (χ0v) is 17.6. The lowest BCUT2D eigenvalue weighted by molar-refractivity contribution is 0.0921. The average Bonchev–Trinajstić information content (AvgIpc) is 2.76. The van der Waals surface area contributed by atoms with Crippen molar-refractivity contribution < 1.29 is 18.7 Å². The summed E-state index contributed by atoms with van der Waals surface area (Å²) in [4.78, 5) is 25.1. The summed E-state index contributed by atoms with van der Waals surface area (Å²) >= 11 is 3.41. The Kier molecular flexibility index (Phi) is 5.68. The number of carbonyl (C=O) groups excluding carboxylic acids is 1. The van der Waals surface area contributed by atoms with Crippen molar-refractivity contribution in [3.05, 3.63) is 98.8 Å². The summed E-state index contributed by atoms with van der Waals surface area (Å²) in [5.41, 5.74) is 0.660. The smallest absolute Gasteiger partial charge is 0.235 e. The van der Waals surface area contributed by atoms with E-state index >= 15 is 0 Å². The van der Waals surface area contributed by atoms with Gasteiger partial charge in [-0.2, -0.15) is 0 Å². The van der Waals surface area contributed by atoms with E-state index in [-0.39, 0.29) is 23.6 Å². The van der Waals surface area contributed by atoms with Gasteiger partial charge in [0.05, 0.1) is 9.86 Å². The van der Waals surface area contributed by atoms with Crippen LogP contribution in [0.5, 0.6) is 17.2 Å². The van der Waals surface area contributed by atoms with E-state index < -0.39 is 0 Å². The lowest BCUT2D eigenvalue weighted by Crippen LogP contribution is -2.12. The van der Waals surface area contributed by atoms with Crippen molar-refractivity contribution in [3.8, 4) is 17.2 Å². The molecule has 0 N–H and O–H groups in total. The first kappa shape index (κ1) is 19.9. The minimum Gasteiger partial charge on any atom is -0.485 e. The molecule has 150 valence electrons. The Morgan fingerprint density at radius 2 is 1.73 bits per heavy atom. The summed E-state index contributed by atoms with van der Waals surface area (Å²) in [6.45, 7) is 1.56. The molecule has 0 atom stereocenters. The van der Waals surface area contributed by atoms with Crippen LogP contribution in [-0.2, 0) is 0 Å². The molecule has 1 heterocycles. The number of carbonyl (C=O) groups is 1. The first-order chi connectivity index (χ1) is 14.5. The molecular formula is C24H17BrO5. The quantitative estimate of drug-likeness (QED) is 0.331. The van der Waals surface area contributed by atoms with Gasteiger partial charge in [-0.3, -0.25) is 9.59 Å². The molecular weight excluding hydrogens is 448 g/mol. The van der Waals surface area contributed by atoms with Gasteiger partial charge in [-0.25, -0.2) is 0 Å². The van der Waals surface area contributed by atoms with Gasteiger partial charge in [-0.1, -0.05) is 42.5 Å². The topological polar surface area (TPSA) is 65.7 Å². The van der Waals surface area contributed by atoms with Crippen LogP contribution in [0.15, 0.2) is 86.5 Å². The highest BCUT2D eigenvalue weighted by Crippen LogP contribution is 2.31. The number of fused-ring (bicyclic) bond motifs is 1. The summed E-state index contributed by atoms with van der Waals surface area (Å²) in [5, 5.41) is 0.365. The summed E-state index contributed by atoms with van der Waals surface area (Å²) in [6, 6.07) is 21.0. The van der Waals surface area contributed by atoms with Crippen molar-refractivity contribution in [2.24, 2.45) is 0 Å². The molecule has 0 bridgehead atoms. The Hall–Kier alpha value is -3.38. The van der Waals surface area contributed by atoms with Crippen LogP contribution in [0.1, 0.15) is 16.1 Å². The molecule has 4 aromatic rings. The lowest BCUT2D eigenvalue weighted by Gasteiger charge is -2.11. The minimum absolute atomic E-state index is 0.109. The number of ether oxygens (including phenoxy) is 2. The fourth-order valence-electron chi connectivity index (χ4n) is 2.97.